The zero-order valence-electron chi connectivity index (χ0n) is 13.2. The monoisotopic (exact) mass is 354 g/mol. The van der Waals surface area contributed by atoms with E-state index in [0.717, 1.165) is 11.8 Å². The molecule has 0 bridgehead atoms. The zero-order valence-corrected chi connectivity index (χ0v) is 14.0. The van der Waals surface area contributed by atoms with Gasteiger partial charge in [-0.3, -0.25) is 19.6 Å². The maximum absolute atomic E-state index is 12.5. The van der Waals surface area contributed by atoms with E-state index in [4.69, 9.17) is 9.47 Å². The molecule has 2 aliphatic heterocycles. The van der Waals surface area contributed by atoms with Crippen molar-refractivity contribution in [3.63, 3.8) is 0 Å². The molecule has 3 rings (SSSR count). The summed E-state index contributed by atoms with van der Waals surface area (Å²) in [5, 5.41) is 2.56. The summed E-state index contributed by atoms with van der Waals surface area (Å²) in [5.41, 5.74) is 0.742. The number of sulfone groups is 1. The molecule has 9 heteroatoms. The molecule has 130 valence electrons. The van der Waals surface area contributed by atoms with Gasteiger partial charge in [0.15, 0.2) is 21.3 Å². The fraction of sp³-hybridized carbons (Fsp3) is 0.467. The summed E-state index contributed by atoms with van der Waals surface area (Å²) in [7, 11) is -3.44. The average molecular weight is 354 g/mol. The number of carbonyl (C=O) groups is 2. The van der Waals surface area contributed by atoms with E-state index < -0.39 is 21.5 Å². The Morgan fingerprint density at radius 3 is 2.46 bits per heavy atom. The molecule has 2 amide bonds. The first-order valence-corrected chi connectivity index (χ1v) is 9.56. The minimum Gasteiger partial charge on any atom is -0.454 e. The molecule has 2 heterocycles. The van der Waals surface area contributed by atoms with Crippen molar-refractivity contribution in [2.75, 3.05) is 31.9 Å². The minimum atomic E-state index is -3.44. The van der Waals surface area contributed by atoms with Crippen LogP contribution in [0.3, 0.4) is 0 Å². The van der Waals surface area contributed by atoms with Crippen LogP contribution in [0.4, 0.5) is 0 Å². The fourth-order valence-electron chi connectivity index (χ4n) is 2.75. The van der Waals surface area contributed by atoms with E-state index in [1.807, 2.05) is 0 Å². The van der Waals surface area contributed by atoms with Crippen LogP contribution in [0, 0.1) is 0 Å². The highest BCUT2D eigenvalue weighted by molar-refractivity contribution is 7.91. The van der Waals surface area contributed by atoms with Gasteiger partial charge in [0.25, 0.3) is 5.91 Å². The Balaban J connectivity index is 1.68. The normalized spacial score (nSPS) is 16.5. The number of hydrazine groups is 1. The molecule has 1 aromatic carbocycles. The van der Waals surface area contributed by atoms with Crippen molar-refractivity contribution < 1.29 is 27.5 Å². The number of ether oxygens (including phenoxy) is 2. The summed E-state index contributed by atoms with van der Waals surface area (Å²) in [6, 6.07) is 5.24. The van der Waals surface area contributed by atoms with Crippen LogP contribution in [0.25, 0.3) is 0 Å². The van der Waals surface area contributed by atoms with E-state index in [1.54, 1.807) is 18.2 Å². The van der Waals surface area contributed by atoms with Crippen molar-refractivity contribution in [2.45, 2.75) is 12.8 Å². The Hall–Kier alpha value is -2.29. The maximum Gasteiger partial charge on any atom is 0.256 e. The number of hydrogen-bond donors (Lipinski definition) is 0. The van der Waals surface area contributed by atoms with Crippen LogP contribution < -0.4 is 9.47 Å². The van der Waals surface area contributed by atoms with Crippen LogP contribution in [-0.2, 0) is 25.8 Å². The molecule has 0 aromatic heterocycles. The number of amides is 2. The molecule has 1 fully saturated rings. The summed E-state index contributed by atoms with van der Waals surface area (Å²) < 4.78 is 33.1. The predicted molar refractivity (Wildman–Crippen MR) is 84.0 cm³/mol. The molecule has 0 spiro atoms. The van der Waals surface area contributed by atoms with Gasteiger partial charge in [0, 0.05) is 19.3 Å². The van der Waals surface area contributed by atoms with Gasteiger partial charge >= 0.3 is 0 Å². The fourth-order valence-corrected chi connectivity index (χ4v) is 3.34. The number of nitrogens with zero attached hydrogens (tertiary/aromatic N) is 2. The molecule has 1 saturated heterocycles. The highest BCUT2D eigenvalue weighted by Crippen LogP contribution is 2.32. The van der Waals surface area contributed by atoms with Crippen molar-refractivity contribution >= 4 is 21.7 Å². The third-order valence-corrected chi connectivity index (χ3v) is 4.56. The average Bonchev–Trinajstić information content (AvgIpc) is 3.14. The molecule has 0 aliphatic carbocycles. The standard InChI is InChI=1S/C15H18N2O6S/c1-24(20,21)9-15(19)17-6-2-5-16(17)14(18)8-11-3-4-12-13(7-11)23-10-22-12/h3-4,7H,2,5-6,8-10H2,1H3. The van der Waals surface area contributed by atoms with E-state index in [0.29, 0.717) is 31.0 Å². The van der Waals surface area contributed by atoms with Gasteiger partial charge in [0.1, 0.15) is 5.75 Å². The van der Waals surface area contributed by atoms with E-state index in [2.05, 4.69) is 0 Å². The number of carbonyl (C=O) groups excluding carboxylic acids is 2. The Kier molecular flexibility index (Phi) is 4.35. The minimum absolute atomic E-state index is 0.0965. The Morgan fingerprint density at radius 1 is 1.08 bits per heavy atom. The van der Waals surface area contributed by atoms with Crippen LogP contribution in [0.15, 0.2) is 18.2 Å². The van der Waals surface area contributed by atoms with Crippen molar-refractivity contribution in [1.29, 1.82) is 0 Å². The smallest absolute Gasteiger partial charge is 0.256 e. The Labute approximate surface area is 139 Å². The van der Waals surface area contributed by atoms with Crippen LogP contribution >= 0.6 is 0 Å². The quantitative estimate of drug-likeness (QED) is 0.754. The van der Waals surface area contributed by atoms with Crippen LogP contribution in [-0.4, -0.2) is 62.1 Å². The lowest BCUT2D eigenvalue weighted by Crippen LogP contribution is -2.47. The molecule has 1 aromatic rings. The van der Waals surface area contributed by atoms with Crippen molar-refractivity contribution in [1.82, 2.24) is 10.0 Å². The van der Waals surface area contributed by atoms with Crippen LogP contribution in [0.2, 0.25) is 0 Å². The summed E-state index contributed by atoms with van der Waals surface area (Å²) >= 11 is 0. The van der Waals surface area contributed by atoms with E-state index in [-0.39, 0.29) is 19.1 Å². The van der Waals surface area contributed by atoms with E-state index in [9.17, 15) is 18.0 Å². The van der Waals surface area contributed by atoms with Gasteiger partial charge in [-0.1, -0.05) is 6.07 Å². The second kappa shape index (κ2) is 6.31. The lowest BCUT2D eigenvalue weighted by molar-refractivity contribution is -0.155. The van der Waals surface area contributed by atoms with Gasteiger partial charge < -0.3 is 9.47 Å². The number of benzene rings is 1. The van der Waals surface area contributed by atoms with Crippen molar-refractivity contribution in [3.05, 3.63) is 23.8 Å². The first-order valence-electron chi connectivity index (χ1n) is 7.50. The van der Waals surface area contributed by atoms with Gasteiger partial charge in [0.2, 0.25) is 12.7 Å². The van der Waals surface area contributed by atoms with E-state index in [1.165, 1.54) is 10.0 Å². The number of hydrogen-bond acceptors (Lipinski definition) is 6. The van der Waals surface area contributed by atoms with Crippen molar-refractivity contribution in [3.8, 4) is 11.5 Å². The second-order valence-electron chi connectivity index (χ2n) is 5.82. The van der Waals surface area contributed by atoms with Gasteiger partial charge in [-0.25, -0.2) is 8.42 Å². The molecule has 0 radical (unpaired) electrons. The Bertz CT molecular complexity index is 776. The summed E-state index contributed by atoms with van der Waals surface area (Å²) in [6.45, 7) is 0.909. The first kappa shape index (κ1) is 16.6. The molecular weight excluding hydrogens is 336 g/mol. The number of fused-ring (bicyclic) bond motifs is 1. The Morgan fingerprint density at radius 2 is 1.75 bits per heavy atom. The summed E-state index contributed by atoms with van der Waals surface area (Å²) in [4.78, 5) is 24.6. The predicted octanol–water partition coefficient (Wildman–Crippen LogP) is -0.0217. The van der Waals surface area contributed by atoms with Crippen molar-refractivity contribution in [2.24, 2.45) is 0 Å². The van der Waals surface area contributed by atoms with Gasteiger partial charge in [-0.05, 0) is 24.1 Å². The summed E-state index contributed by atoms with van der Waals surface area (Å²) in [5.74, 6) is -0.202. The number of rotatable bonds is 4. The third-order valence-electron chi connectivity index (χ3n) is 3.79. The van der Waals surface area contributed by atoms with Crippen LogP contribution in [0.1, 0.15) is 12.0 Å². The lowest BCUT2D eigenvalue weighted by Gasteiger charge is -2.27. The molecule has 0 saturated carbocycles. The molecule has 24 heavy (non-hydrogen) atoms. The molecule has 8 nitrogen and oxygen atoms in total. The highest BCUT2D eigenvalue weighted by Gasteiger charge is 2.32. The molecule has 2 aliphatic rings. The molecule has 0 N–H and O–H groups in total. The SMILES string of the molecule is CS(=O)(=O)CC(=O)N1CCCN1C(=O)Cc1ccc2c(c1)OCO2. The molecular formula is C15H18N2O6S. The first-order chi connectivity index (χ1) is 11.3. The van der Waals surface area contributed by atoms with E-state index >= 15 is 0 Å². The van der Waals surface area contributed by atoms with Gasteiger partial charge in [0.05, 0.1) is 6.42 Å². The zero-order chi connectivity index (χ0) is 17.3. The topological polar surface area (TPSA) is 93.2 Å². The third kappa shape index (κ3) is 3.61. The van der Waals surface area contributed by atoms with Crippen LogP contribution in [0.5, 0.6) is 11.5 Å². The second-order valence-corrected chi connectivity index (χ2v) is 7.96. The van der Waals surface area contributed by atoms with Gasteiger partial charge in [-0.2, -0.15) is 0 Å². The largest absolute Gasteiger partial charge is 0.454 e. The maximum atomic E-state index is 12.5. The van der Waals surface area contributed by atoms with Gasteiger partial charge in [-0.15, -0.1) is 0 Å². The lowest BCUT2D eigenvalue weighted by atomic mass is 10.1. The highest BCUT2D eigenvalue weighted by atomic mass is 32.2. The summed E-state index contributed by atoms with van der Waals surface area (Å²) in [6.07, 6.45) is 1.72. The molecule has 0 atom stereocenters. The molecule has 0 unspecified atom stereocenters.